The van der Waals surface area contributed by atoms with Gasteiger partial charge in [0.2, 0.25) is 0 Å². The van der Waals surface area contributed by atoms with E-state index in [2.05, 4.69) is 56.9 Å². The van der Waals surface area contributed by atoms with E-state index >= 15 is 0 Å². The molecule has 2 aromatic rings. The van der Waals surface area contributed by atoms with Crippen molar-refractivity contribution >= 4 is 56.9 Å². The largest absolute Gasteiger partial charge is 0.508 e. The van der Waals surface area contributed by atoms with Crippen LogP contribution in [0.2, 0.25) is 0 Å². The van der Waals surface area contributed by atoms with Crippen LogP contribution in [0, 0.1) is 0 Å². The standard InChI is InChI=1S/C24H32I2O2S/c25-21(19-11-5-7-15-23(19)27)13-3-1-9-17-29-18-10-2-4-14-22(26)20-12-6-8-16-24(20)28/h5-8,11-12,15-16,21-22,27-28H,1-4,9-10,13-14,17-18H2. The Hall–Kier alpha value is -0.150. The monoisotopic (exact) mass is 638 g/mol. The van der Waals surface area contributed by atoms with Crippen molar-refractivity contribution in [2.75, 3.05) is 11.5 Å². The minimum absolute atomic E-state index is 0.404. The normalized spacial score (nSPS) is 13.3. The lowest BCUT2D eigenvalue weighted by molar-refractivity contribution is 0.466. The predicted molar refractivity (Wildman–Crippen MR) is 144 cm³/mol. The number of benzene rings is 2. The molecule has 2 atom stereocenters. The number of alkyl halides is 2. The molecule has 0 saturated carbocycles. The fourth-order valence-electron chi connectivity index (χ4n) is 3.33. The third-order valence-electron chi connectivity index (χ3n) is 5.04. The highest BCUT2D eigenvalue weighted by Crippen LogP contribution is 2.35. The number of phenolic OH excluding ortho intramolecular Hbond substituents is 2. The summed E-state index contributed by atoms with van der Waals surface area (Å²) < 4.78 is 0.807. The Morgan fingerprint density at radius 3 is 1.45 bits per heavy atom. The lowest BCUT2D eigenvalue weighted by Gasteiger charge is -2.12. The van der Waals surface area contributed by atoms with Crippen LogP contribution in [0.15, 0.2) is 48.5 Å². The highest BCUT2D eigenvalue weighted by atomic mass is 127. The molecule has 0 amide bonds. The van der Waals surface area contributed by atoms with Gasteiger partial charge >= 0.3 is 0 Å². The van der Waals surface area contributed by atoms with Gasteiger partial charge in [0.25, 0.3) is 0 Å². The topological polar surface area (TPSA) is 40.5 Å². The number of phenols is 2. The molecule has 2 N–H and O–H groups in total. The van der Waals surface area contributed by atoms with Gasteiger partial charge in [-0.05, 0) is 49.3 Å². The molecule has 0 fully saturated rings. The van der Waals surface area contributed by atoms with Crippen LogP contribution in [-0.2, 0) is 0 Å². The maximum absolute atomic E-state index is 9.92. The van der Waals surface area contributed by atoms with E-state index in [4.69, 9.17) is 0 Å². The van der Waals surface area contributed by atoms with Crippen LogP contribution in [-0.4, -0.2) is 21.7 Å². The summed E-state index contributed by atoms with van der Waals surface area (Å²) in [5.74, 6) is 3.37. The molecular formula is C24H32I2O2S. The van der Waals surface area contributed by atoms with Gasteiger partial charge in [-0.1, -0.05) is 107 Å². The summed E-state index contributed by atoms with van der Waals surface area (Å²) in [5, 5.41) is 19.8. The number of unbranched alkanes of at least 4 members (excludes halogenated alkanes) is 4. The number of rotatable bonds is 14. The van der Waals surface area contributed by atoms with Gasteiger partial charge in [-0.15, -0.1) is 0 Å². The predicted octanol–water partition coefficient (Wildman–Crippen LogP) is 8.60. The molecule has 2 rings (SSSR count). The van der Waals surface area contributed by atoms with Crippen LogP contribution >= 0.6 is 56.9 Å². The number of halogens is 2. The molecule has 2 nitrogen and oxygen atoms in total. The molecule has 0 radical (unpaired) electrons. The Morgan fingerprint density at radius 1 is 0.621 bits per heavy atom. The summed E-state index contributed by atoms with van der Waals surface area (Å²) >= 11 is 6.99. The Bertz CT molecular complexity index is 651. The van der Waals surface area contributed by atoms with E-state index < -0.39 is 0 Å². The Kier molecular flexibility index (Phi) is 12.8. The summed E-state index contributed by atoms with van der Waals surface area (Å²) in [6.45, 7) is 0. The zero-order chi connectivity index (χ0) is 20.9. The van der Waals surface area contributed by atoms with Crippen molar-refractivity contribution in [3.8, 4) is 11.5 Å². The first-order chi connectivity index (χ1) is 14.1. The van der Waals surface area contributed by atoms with Crippen LogP contribution < -0.4 is 0 Å². The Labute approximate surface area is 207 Å². The van der Waals surface area contributed by atoms with Crippen LogP contribution in [0.1, 0.15) is 70.3 Å². The molecule has 5 heteroatoms. The molecule has 160 valence electrons. The highest BCUT2D eigenvalue weighted by molar-refractivity contribution is 14.1. The molecule has 0 aliphatic rings. The zero-order valence-corrected chi connectivity index (χ0v) is 22.0. The minimum Gasteiger partial charge on any atom is -0.508 e. The second-order valence-electron chi connectivity index (χ2n) is 7.36. The SMILES string of the molecule is Oc1ccccc1C(I)CCCCCSCCCCCC(I)c1ccccc1O. The first kappa shape index (κ1) is 25.1. The average molecular weight is 638 g/mol. The van der Waals surface area contributed by atoms with Crippen molar-refractivity contribution in [2.45, 2.75) is 59.2 Å². The van der Waals surface area contributed by atoms with Gasteiger partial charge in [0, 0.05) is 19.0 Å². The van der Waals surface area contributed by atoms with Crippen molar-refractivity contribution in [1.82, 2.24) is 0 Å². The summed E-state index contributed by atoms with van der Waals surface area (Å²) in [6.07, 6.45) is 9.86. The molecule has 0 aliphatic heterocycles. The van der Waals surface area contributed by atoms with Gasteiger partial charge < -0.3 is 10.2 Å². The second kappa shape index (κ2) is 14.8. The lowest BCUT2D eigenvalue weighted by Crippen LogP contribution is -1.92. The van der Waals surface area contributed by atoms with Crippen LogP contribution in [0.4, 0.5) is 0 Å². The molecule has 0 aliphatic carbocycles. The van der Waals surface area contributed by atoms with Crippen LogP contribution in [0.3, 0.4) is 0 Å². The number of hydrogen-bond acceptors (Lipinski definition) is 3. The number of hydrogen-bond donors (Lipinski definition) is 2. The lowest BCUT2D eigenvalue weighted by atomic mass is 10.1. The van der Waals surface area contributed by atoms with E-state index in [9.17, 15) is 10.2 Å². The first-order valence-corrected chi connectivity index (χ1v) is 14.2. The van der Waals surface area contributed by atoms with Crippen molar-refractivity contribution in [2.24, 2.45) is 0 Å². The van der Waals surface area contributed by atoms with E-state index in [-0.39, 0.29) is 0 Å². The fraction of sp³-hybridized carbons (Fsp3) is 0.500. The molecule has 0 aromatic heterocycles. The van der Waals surface area contributed by atoms with Crippen molar-refractivity contribution in [3.05, 3.63) is 59.7 Å². The smallest absolute Gasteiger partial charge is 0.119 e. The van der Waals surface area contributed by atoms with Crippen molar-refractivity contribution < 1.29 is 10.2 Å². The number of para-hydroxylation sites is 2. The number of thioether (sulfide) groups is 1. The van der Waals surface area contributed by atoms with E-state index in [1.807, 2.05) is 36.4 Å². The molecule has 0 spiro atoms. The molecule has 0 saturated heterocycles. The Balaban J connectivity index is 1.43. The van der Waals surface area contributed by atoms with Gasteiger partial charge in [-0.2, -0.15) is 11.8 Å². The van der Waals surface area contributed by atoms with Crippen molar-refractivity contribution in [3.63, 3.8) is 0 Å². The van der Waals surface area contributed by atoms with Gasteiger partial charge in [-0.25, -0.2) is 0 Å². The molecule has 0 heterocycles. The molecule has 2 aromatic carbocycles. The quantitative estimate of drug-likeness (QED) is 0.124. The molecular weight excluding hydrogens is 606 g/mol. The van der Waals surface area contributed by atoms with E-state index in [1.54, 1.807) is 12.1 Å². The number of aromatic hydroxyl groups is 2. The third-order valence-corrected chi connectivity index (χ3v) is 8.78. The first-order valence-electron chi connectivity index (χ1n) is 10.5. The van der Waals surface area contributed by atoms with E-state index in [0.717, 1.165) is 24.0 Å². The summed E-state index contributed by atoms with van der Waals surface area (Å²) in [5.41, 5.74) is 2.14. The average Bonchev–Trinajstić information content (AvgIpc) is 2.72. The van der Waals surface area contributed by atoms with Gasteiger partial charge in [0.15, 0.2) is 0 Å². The van der Waals surface area contributed by atoms with Crippen LogP contribution in [0.25, 0.3) is 0 Å². The summed E-state index contributed by atoms with van der Waals surface area (Å²) in [4.78, 5) is 0. The zero-order valence-electron chi connectivity index (χ0n) is 16.9. The maximum Gasteiger partial charge on any atom is 0.119 e. The van der Waals surface area contributed by atoms with Gasteiger partial charge in [-0.3, -0.25) is 0 Å². The van der Waals surface area contributed by atoms with E-state index in [1.165, 1.54) is 50.0 Å². The fourth-order valence-corrected chi connectivity index (χ4v) is 6.28. The maximum atomic E-state index is 9.92. The highest BCUT2D eigenvalue weighted by Gasteiger charge is 2.11. The van der Waals surface area contributed by atoms with E-state index in [0.29, 0.717) is 19.3 Å². The minimum atomic E-state index is 0.404. The third kappa shape index (κ3) is 9.68. The van der Waals surface area contributed by atoms with Crippen LogP contribution in [0.5, 0.6) is 11.5 Å². The summed E-state index contributed by atoms with van der Waals surface area (Å²) in [7, 11) is 0. The molecule has 29 heavy (non-hydrogen) atoms. The van der Waals surface area contributed by atoms with Gasteiger partial charge in [0.1, 0.15) is 11.5 Å². The molecule has 0 bridgehead atoms. The molecule has 2 unspecified atom stereocenters. The second-order valence-corrected chi connectivity index (χ2v) is 11.6. The summed E-state index contributed by atoms with van der Waals surface area (Å²) in [6, 6.07) is 15.4. The van der Waals surface area contributed by atoms with Gasteiger partial charge in [0.05, 0.1) is 0 Å². The Morgan fingerprint density at radius 2 is 1.03 bits per heavy atom. The van der Waals surface area contributed by atoms with Crippen molar-refractivity contribution in [1.29, 1.82) is 0 Å².